The van der Waals surface area contributed by atoms with Crippen molar-refractivity contribution in [2.45, 2.75) is 51.8 Å². The van der Waals surface area contributed by atoms with Gasteiger partial charge in [-0.1, -0.05) is 6.92 Å². The lowest BCUT2D eigenvalue weighted by Gasteiger charge is -2.27. The molecule has 3 fully saturated rings. The third-order valence-corrected chi connectivity index (χ3v) is 10.4. The number of aliphatic hydroxyl groups is 1. The molecule has 5 aromatic rings. The fourth-order valence-electron chi connectivity index (χ4n) is 7.65. The molecule has 3 unspecified atom stereocenters. The molecule has 8 rings (SSSR count). The van der Waals surface area contributed by atoms with Gasteiger partial charge in [0.05, 0.1) is 30.6 Å². The van der Waals surface area contributed by atoms with Crippen LogP contribution in [0.25, 0.3) is 44.8 Å². The maximum Gasteiger partial charge on any atom is 0.254 e. The van der Waals surface area contributed by atoms with Crippen molar-refractivity contribution in [3.8, 4) is 28.5 Å². The van der Waals surface area contributed by atoms with Gasteiger partial charge in [-0.15, -0.1) is 0 Å². The van der Waals surface area contributed by atoms with Crippen LogP contribution in [-0.2, 0) is 20.2 Å². The van der Waals surface area contributed by atoms with Gasteiger partial charge in [0.2, 0.25) is 0 Å². The van der Waals surface area contributed by atoms with Crippen molar-refractivity contribution < 1.29 is 23.4 Å². The normalized spacial score (nSPS) is 21.0. The van der Waals surface area contributed by atoms with Crippen LogP contribution in [0.4, 0.5) is 8.78 Å². The monoisotopic (exact) mass is 611 g/mol. The molecule has 10 heteroatoms. The van der Waals surface area contributed by atoms with Gasteiger partial charge in [-0.05, 0) is 85.9 Å². The number of amides is 1. The third-order valence-electron chi connectivity index (χ3n) is 10.4. The van der Waals surface area contributed by atoms with Gasteiger partial charge >= 0.3 is 0 Å². The number of aryl methyl sites for hydroxylation is 1. The van der Waals surface area contributed by atoms with E-state index >= 15 is 0 Å². The number of aliphatic hydroxyl groups excluding tert-OH is 1. The van der Waals surface area contributed by atoms with Crippen molar-refractivity contribution in [3.63, 3.8) is 0 Å². The third kappa shape index (κ3) is 4.44. The van der Waals surface area contributed by atoms with Gasteiger partial charge in [-0.25, -0.2) is 18.7 Å². The first kappa shape index (κ1) is 28.2. The molecule has 3 atom stereocenters. The summed E-state index contributed by atoms with van der Waals surface area (Å²) < 4.78 is 39.1. The molecule has 2 bridgehead atoms. The summed E-state index contributed by atoms with van der Waals surface area (Å²) in [5.41, 5.74) is 4.01. The van der Waals surface area contributed by atoms with Crippen LogP contribution in [0.15, 0.2) is 42.5 Å². The number of imidazole rings is 1. The van der Waals surface area contributed by atoms with Crippen LogP contribution in [0.3, 0.4) is 0 Å². The summed E-state index contributed by atoms with van der Waals surface area (Å²) in [6, 6.07) is 12.1. The Kier molecular flexibility index (Phi) is 6.50. The summed E-state index contributed by atoms with van der Waals surface area (Å²) >= 11 is 0. The van der Waals surface area contributed by atoms with Crippen LogP contribution in [0.5, 0.6) is 5.75 Å². The van der Waals surface area contributed by atoms with E-state index in [1.54, 1.807) is 13.2 Å². The minimum atomic E-state index is -0.804. The lowest BCUT2D eigenvalue weighted by molar-refractivity contribution is 0.0696. The quantitative estimate of drug-likeness (QED) is 0.233. The molecular weight excluding hydrogens is 576 g/mol. The largest absolute Gasteiger partial charge is 0.494 e. The number of pyridine rings is 1. The van der Waals surface area contributed by atoms with E-state index in [9.17, 15) is 18.7 Å². The first-order valence-corrected chi connectivity index (χ1v) is 15.7. The number of hydrogen-bond acceptors (Lipinski definition) is 5. The summed E-state index contributed by atoms with van der Waals surface area (Å²) in [7, 11) is 3.56. The molecule has 1 saturated heterocycles. The Hall–Kier alpha value is -4.31. The van der Waals surface area contributed by atoms with E-state index in [2.05, 4.69) is 11.5 Å². The first-order valence-electron chi connectivity index (χ1n) is 15.7. The number of likely N-dealkylation sites (tertiary alicyclic amines) is 1. The van der Waals surface area contributed by atoms with E-state index in [0.717, 1.165) is 48.9 Å². The van der Waals surface area contributed by atoms with Crippen LogP contribution in [0.2, 0.25) is 0 Å². The second-order valence-corrected chi connectivity index (χ2v) is 13.0. The number of aromatic nitrogens is 4. The van der Waals surface area contributed by atoms with Gasteiger partial charge in [0, 0.05) is 48.3 Å². The molecule has 1 N–H and O–H groups in total. The Balaban J connectivity index is 1.24. The maximum absolute atomic E-state index is 14.5. The number of carbonyl (C=O) groups is 1. The summed E-state index contributed by atoms with van der Waals surface area (Å²) in [5.74, 6) is 1.34. The number of fused-ring (bicyclic) bond motifs is 4. The minimum Gasteiger partial charge on any atom is -0.494 e. The Labute approximate surface area is 259 Å². The van der Waals surface area contributed by atoms with E-state index in [-0.39, 0.29) is 11.5 Å². The summed E-state index contributed by atoms with van der Waals surface area (Å²) in [6.45, 7) is 3.09. The first-order chi connectivity index (χ1) is 21.7. The molecule has 232 valence electrons. The number of methoxy groups -OCH3 is 1. The van der Waals surface area contributed by atoms with Crippen molar-refractivity contribution in [1.82, 2.24) is 24.0 Å². The maximum atomic E-state index is 14.5. The number of carbonyl (C=O) groups excluding carboxylic acids is 1. The molecule has 1 amide bonds. The number of ether oxygens (including phenoxy) is 1. The average Bonchev–Trinajstić information content (AvgIpc) is 3.44. The van der Waals surface area contributed by atoms with Gasteiger partial charge in [-0.2, -0.15) is 0 Å². The zero-order valence-corrected chi connectivity index (χ0v) is 25.6. The van der Waals surface area contributed by atoms with Gasteiger partial charge in [0.15, 0.2) is 5.82 Å². The molecule has 45 heavy (non-hydrogen) atoms. The van der Waals surface area contributed by atoms with E-state index in [1.807, 2.05) is 40.8 Å². The Morgan fingerprint density at radius 1 is 1.04 bits per heavy atom. The van der Waals surface area contributed by atoms with Crippen molar-refractivity contribution in [2.75, 3.05) is 13.7 Å². The Morgan fingerprint density at radius 2 is 1.82 bits per heavy atom. The molecule has 1 aliphatic heterocycles. The fraction of sp³-hybridized carbons (Fsp3) is 0.400. The SMILES string of the molecule is COc1cc(C(=O)N2CC3CCC2C3C)cc2nc(-c3cc4ccc(-c5cc(F)c(CO)c(F)c5)nc4n3CC3CC3)n(C)c12. The van der Waals surface area contributed by atoms with E-state index < -0.39 is 18.2 Å². The van der Waals surface area contributed by atoms with Crippen LogP contribution in [-0.4, -0.2) is 54.7 Å². The van der Waals surface area contributed by atoms with E-state index in [0.29, 0.717) is 63.4 Å². The summed E-state index contributed by atoms with van der Waals surface area (Å²) in [6.07, 6.45) is 4.49. The number of nitrogens with zero attached hydrogens (tertiary/aromatic N) is 5. The molecule has 2 aliphatic carbocycles. The number of benzene rings is 2. The Morgan fingerprint density at radius 3 is 2.47 bits per heavy atom. The van der Waals surface area contributed by atoms with Crippen molar-refractivity contribution in [2.24, 2.45) is 24.8 Å². The fourth-order valence-corrected chi connectivity index (χ4v) is 7.65. The van der Waals surface area contributed by atoms with Gasteiger partial charge in [0.1, 0.15) is 28.5 Å². The van der Waals surface area contributed by atoms with Crippen LogP contribution in [0, 0.1) is 29.4 Å². The second kappa shape index (κ2) is 10.4. The van der Waals surface area contributed by atoms with E-state index in [1.165, 1.54) is 18.6 Å². The van der Waals surface area contributed by atoms with Crippen molar-refractivity contribution in [3.05, 3.63) is 65.2 Å². The molecule has 2 saturated carbocycles. The van der Waals surface area contributed by atoms with Gasteiger partial charge < -0.3 is 23.9 Å². The molecule has 0 spiro atoms. The predicted molar refractivity (Wildman–Crippen MR) is 167 cm³/mol. The highest BCUT2D eigenvalue weighted by atomic mass is 19.1. The zero-order valence-electron chi connectivity index (χ0n) is 25.6. The number of halogens is 2. The smallest absolute Gasteiger partial charge is 0.254 e. The van der Waals surface area contributed by atoms with Gasteiger partial charge in [-0.3, -0.25) is 4.79 Å². The van der Waals surface area contributed by atoms with Crippen LogP contribution >= 0.6 is 0 Å². The predicted octanol–water partition coefficient (Wildman–Crippen LogP) is 6.32. The second-order valence-electron chi connectivity index (χ2n) is 13.0. The number of rotatable bonds is 7. The highest BCUT2D eigenvalue weighted by Gasteiger charge is 2.46. The van der Waals surface area contributed by atoms with Crippen molar-refractivity contribution in [1.29, 1.82) is 0 Å². The van der Waals surface area contributed by atoms with Crippen molar-refractivity contribution >= 4 is 28.0 Å². The molecule has 2 aromatic carbocycles. The average molecular weight is 612 g/mol. The number of piperidine rings is 1. The standard InChI is InChI=1S/C35H35F2N5O3/c1-18-21-7-9-29(18)42(16-21)35(44)23-12-28-32(31(14-23)45-3)40(2)34(39-28)30-13-20-6-8-27(38-33(20)41(30)15-19-4-5-19)22-10-25(36)24(17-43)26(37)11-22/h6,8,10-14,18-19,21,29,43H,4-5,7,9,15-17H2,1-3H3. The molecule has 4 heterocycles. The molecule has 0 radical (unpaired) electrons. The lowest BCUT2D eigenvalue weighted by atomic mass is 10.0. The van der Waals surface area contributed by atoms with Gasteiger partial charge in [0.25, 0.3) is 5.91 Å². The highest BCUT2D eigenvalue weighted by molar-refractivity contribution is 6.00. The lowest BCUT2D eigenvalue weighted by Crippen LogP contribution is -2.38. The van der Waals surface area contributed by atoms with E-state index in [4.69, 9.17) is 14.7 Å². The molecule has 3 aliphatic rings. The molecule has 8 nitrogen and oxygen atoms in total. The molecule has 3 aromatic heterocycles. The topological polar surface area (TPSA) is 85.4 Å². The summed E-state index contributed by atoms with van der Waals surface area (Å²) in [5, 5.41) is 10.2. The van der Waals surface area contributed by atoms with Crippen LogP contribution < -0.4 is 4.74 Å². The minimum absolute atomic E-state index is 0.0286. The molecular formula is C35H35F2N5O3. The number of hydrogen-bond donors (Lipinski definition) is 1. The van der Waals surface area contributed by atoms with Crippen LogP contribution in [0.1, 0.15) is 48.5 Å². The highest BCUT2D eigenvalue weighted by Crippen LogP contribution is 2.44. The Bertz CT molecular complexity index is 1990. The zero-order chi connectivity index (χ0) is 31.1. The summed E-state index contributed by atoms with van der Waals surface area (Å²) in [4.78, 5) is 25.7.